The van der Waals surface area contributed by atoms with Crippen LogP contribution in [0.15, 0.2) is 12.3 Å². The number of pyridine rings is 1. The molecule has 0 unspecified atom stereocenters. The van der Waals surface area contributed by atoms with Crippen LogP contribution in [0, 0.1) is 11.8 Å². The lowest BCUT2D eigenvalue weighted by molar-refractivity contribution is 0.0600. The maximum Gasteiger partial charge on any atom is 0.339 e. The number of hydrogen-bond acceptors (Lipinski definition) is 5. The number of carbonyl (C=O) groups is 1. The number of hydrogen-bond donors (Lipinski definition) is 2. The van der Waals surface area contributed by atoms with Crippen molar-refractivity contribution in [3.05, 3.63) is 23.4 Å². The van der Waals surface area contributed by atoms with Crippen LogP contribution in [-0.4, -0.2) is 23.8 Å². The zero-order valence-electron chi connectivity index (χ0n) is 8.15. The maximum absolute atomic E-state index is 11.2. The largest absolute Gasteiger partial charge is 0.465 e. The van der Waals surface area contributed by atoms with Crippen LogP contribution in [0.5, 0.6) is 0 Å². The lowest BCUT2D eigenvalue weighted by Gasteiger charge is -2.01. The predicted molar refractivity (Wildman–Crippen MR) is 60.7 cm³/mol. The molecule has 0 aliphatic carbocycles. The van der Waals surface area contributed by atoms with Gasteiger partial charge in [-0.15, -0.1) is 0 Å². The second-order valence-corrected chi connectivity index (χ2v) is 2.92. The summed E-state index contributed by atoms with van der Waals surface area (Å²) in [6.45, 7) is 0. The first-order valence-corrected chi connectivity index (χ1v) is 4.76. The van der Waals surface area contributed by atoms with Crippen molar-refractivity contribution >= 4 is 24.4 Å². The molecule has 1 rings (SSSR count). The van der Waals surface area contributed by atoms with Crippen molar-refractivity contribution < 1.29 is 9.53 Å². The average molecular weight is 222 g/mol. The highest BCUT2D eigenvalue weighted by atomic mass is 32.1. The van der Waals surface area contributed by atoms with Crippen LogP contribution < -0.4 is 5.73 Å². The Labute approximate surface area is 93.2 Å². The molecule has 0 aliphatic heterocycles. The Kier molecular flexibility index (Phi) is 4.01. The van der Waals surface area contributed by atoms with Crippen molar-refractivity contribution in [1.82, 2.24) is 4.98 Å². The number of carbonyl (C=O) groups excluding carboxylic acids is 1. The molecule has 0 aromatic carbocycles. The van der Waals surface area contributed by atoms with Crippen LogP contribution in [0.2, 0.25) is 0 Å². The Morgan fingerprint density at radius 2 is 2.47 bits per heavy atom. The molecular formula is C10H10N2O2S. The van der Waals surface area contributed by atoms with Gasteiger partial charge in [-0.3, -0.25) is 0 Å². The van der Waals surface area contributed by atoms with Crippen molar-refractivity contribution in [2.24, 2.45) is 0 Å². The molecule has 1 heterocycles. The van der Waals surface area contributed by atoms with Crippen LogP contribution in [0.3, 0.4) is 0 Å². The second-order valence-electron chi connectivity index (χ2n) is 2.61. The molecule has 0 fully saturated rings. The first-order chi connectivity index (χ1) is 7.19. The topological polar surface area (TPSA) is 65.2 Å². The smallest absolute Gasteiger partial charge is 0.339 e. The summed E-state index contributed by atoms with van der Waals surface area (Å²) in [5, 5.41) is 0. The molecule has 0 atom stereocenters. The first kappa shape index (κ1) is 11.4. The maximum atomic E-state index is 11.2. The molecule has 0 radical (unpaired) electrons. The van der Waals surface area contributed by atoms with E-state index in [9.17, 15) is 4.79 Å². The molecule has 15 heavy (non-hydrogen) atoms. The quantitative estimate of drug-likeness (QED) is 0.418. The molecule has 1 aromatic rings. The van der Waals surface area contributed by atoms with Gasteiger partial charge < -0.3 is 10.5 Å². The van der Waals surface area contributed by atoms with Crippen molar-refractivity contribution in [2.75, 3.05) is 18.6 Å². The van der Waals surface area contributed by atoms with Gasteiger partial charge in [-0.25, -0.2) is 9.78 Å². The van der Waals surface area contributed by atoms with Gasteiger partial charge in [-0.2, -0.15) is 12.6 Å². The zero-order chi connectivity index (χ0) is 11.3. The molecule has 78 valence electrons. The van der Waals surface area contributed by atoms with Gasteiger partial charge in [0, 0.05) is 6.20 Å². The molecular weight excluding hydrogens is 212 g/mol. The predicted octanol–water partition coefficient (Wildman–Crippen LogP) is 0.732. The molecule has 4 nitrogen and oxygen atoms in total. The van der Waals surface area contributed by atoms with Crippen molar-refractivity contribution in [1.29, 1.82) is 0 Å². The van der Waals surface area contributed by atoms with E-state index >= 15 is 0 Å². The summed E-state index contributed by atoms with van der Waals surface area (Å²) < 4.78 is 4.55. The molecule has 0 aliphatic rings. The Bertz CT molecular complexity index is 435. The summed E-state index contributed by atoms with van der Waals surface area (Å²) in [6.07, 6.45) is 1.35. The summed E-state index contributed by atoms with van der Waals surface area (Å²) in [6, 6.07) is 1.55. The number of anilines is 1. The highest BCUT2D eigenvalue weighted by Crippen LogP contribution is 2.10. The Balaban J connectivity index is 3.10. The average Bonchev–Trinajstić information content (AvgIpc) is 2.27. The SMILES string of the molecule is COC(=O)c1cnc(N)c(C#CCS)c1. The fourth-order valence-corrected chi connectivity index (χ4v) is 1.02. The molecule has 5 heteroatoms. The zero-order valence-corrected chi connectivity index (χ0v) is 9.04. The number of aromatic nitrogens is 1. The Morgan fingerprint density at radius 1 is 1.73 bits per heavy atom. The number of thiol groups is 1. The molecule has 2 N–H and O–H groups in total. The third-order valence-corrected chi connectivity index (χ3v) is 1.80. The van der Waals surface area contributed by atoms with E-state index < -0.39 is 5.97 Å². The van der Waals surface area contributed by atoms with Gasteiger partial charge in [-0.05, 0) is 6.07 Å². The molecule has 0 amide bonds. The number of nitrogens with zero attached hydrogens (tertiary/aromatic N) is 1. The Morgan fingerprint density at radius 3 is 3.07 bits per heavy atom. The molecule has 0 bridgehead atoms. The monoisotopic (exact) mass is 222 g/mol. The lowest BCUT2D eigenvalue weighted by atomic mass is 10.2. The third kappa shape index (κ3) is 2.89. The van der Waals surface area contributed by atoms with E-state index in [1.807, 2.05) is 0 Å². The van der Waals surface area contributed by atoms with Gasteiger partial charge >= 0.3 is 5.97 Å². The van der Waals surface area contributed by atoms with Gasteiger partial charge in [0.15, 0.2) is 0 Å². The van der Waals surface area contributed by atoms with Gasteiger partial charge in [0.05, 0.1) is 24.0 Å². The van der Waals surface area contributed by atoms with E-state index in [1.54, 1.807) is 6.07 Å². The van der Waals surface area contributed by atoms with Gasteiger partial charge in [0.25, 0.3) is 0 Å². The van der Waals surface area contributed by atoms with Crippen molar-refractivity contribution in [3.8, 4) is 11.8 Å². The van der Waals surface area contributed by atoms with Crippen LogP contribution >= 0.6 is 12.6 Å². The van der Waals surface area contributed by atoms with Crippen LogP contribution in [0.25, 0.3) is 0 Å². The molecule has 0 saturated heterocycles. The van der Waals surface area contributed by atoms with Crippen molar-refractivity contribution in [2.45, 2.75) is 0 Å². The summed E-state index contributed by atoms with van der Waals surface area (Å²) in [7, 11) is 1.30. The summed E-state index contributed by atoms with van der Waals surface area (Å²) in [5.41, 5.74) is 6.42. The molecule has 0 saturated carbocycles. The summed E-state index contributed by atoms with van der Waals surface area (Å²) in [5.74, 6) is 5.74. The normalized spacial score (nSPS) is 8.93. The van der Waals surface area contributed by atoms with E-state index in [2.05, 4.69) is 34.2 Å². The van der Waals surface area contributed by atoms with Crippen LogP contribution in [0.1, 0.15) is 15.9 Å². The fraction of sp³-hybridized carbons (Fsp3) is 0.200. The standard InChI is InChI=1S/C10H10N2O2S/c1-14-10(13)8-5-7(3-2-4-15)9(11)12-6-8/h5-6,15H,4H2,1H3,(H2,11,12). The number of nitrogen functional groups attached to an aromatic ring is 1. The number of esters is 1. The van der Waals surface area contributed by atoms with E-state index in [4.69, 9.17) is 5.73 Å². The number of rotatable bonds is 1. The van der Waals surface area contributed by atoms with E-state index in [0.717, 1.165) is 0 Å². The summed E-state index contributed by atoms with van der Waals surface area (Å²) in [4.78, 5) is 15.0. The fourth-order valence-electron chi connectivity index (χ4n) is 0.940. The summed E-state index contributed by atoms with van der Waals surface area (Å²) >= 11 is 3.94. The van der Waals surface area contributed by atoms with Gasteiger partial charge in [0.2, 0.25) is 0 Å². The van der Waals surface area contributed by atoms with E-state index in [-0.39, 0.29) is 5.82 Å². The lowest BCUT2D eigenvalue weighted by Crippen LogP contribution is -2.04. The number of methoxy groups -OCH3 is 1. The van der Waals surface area contributed by atoms with Crippen LogP contribution in [0.4, 0.5) is 5.82 Å². The number of nitrogens with two attached hydrogens (primary N) is 1. The van der Waals surface area contributed by atoms with Gasteiger partial charge in [-0.1, -0.05) is 11.8 Å². The second kappa shape index (κ2) is 5.27. The minimum atomic E-state index is -0.462. The highest BCUT2D eigenvalue weighted by Gasteiger charge is 2.07. The number of ether oxygens (including phenoxy) is 1. The van der Waals surface area contributed by atoms with Crippen molar-refractivity contribution in [3.63, 3.8) is 0 Å². The molecule has 0 spiro atoms. The third-order valence-electron chi connectivity index (χ3n) is 1.64. The van der Waals surface area contributed by atoms with E-state index in [1.165, 1.54) is 13.3 Å². The highest BCUT2D eigenvalue weighted by molar-refractivity contribution is 7.80. The van der Waals surface area contributed by atoms with Gasteiger partial charge in [0.1, 0.15) is 5.82 Å². The minimum Gasteiger partial charge on any atom is -0.465 e. The molecule has 1 aromatic heterocycles. The minimum absolute atomic E-state index is 0.289. The van der Waals surface area contributed by atoms with Crippen LogP contribution in [-0.2, 0) is 4.74 Å². The Hall–Kier alpha value is -1.67. The first-order valence-electron chi connectivity index (χ1n) is 4.12. The van der Waals surface area contributed by atoms with E-state index in [0.29, 0.717) is 16.9 Å².